The van der Waals surface area contributed by atoms with Crippen molar-refractivity contribution in [3.05, 3.63) is 212 Å². The maximum absolute atomic E-state index is 5.54. The molecular weight excluding hydrogens is 895 g/mol. The van der Waals surface area contributed by atoms with Crippen LogP contribution in [0.15, 0.2) is 212 Å². The quantitative estimate of drug-likeness (QED) is 0.166. The number of rotatable bonds is 6. The predicted octanol–water partition coefficient (Wildman–Crippen LogP) is 16.3. The maximum Gasteiger partial charge on any atom is 0.238 e. The van der Waals surface area contributed by atoms with Crippen LogP contribution in [0, 0.1) is 0 Å². The zero-order chi connectivity index (χ0) is 45.9. The van der Waals surface area contributed by atoms with Gasteiger partial charge in [-0.15, -0.1) is 22.7 Å². The zero-order valence-electron chi connectivity index (χ0n) is 37.2. The lowest BCUT2D eigenvalue weighted by Gasteiger charge is -2.12. The monoisotopic (exact) mass is 929 g/mol. The lowest BCUT2D eigenvalue weighted by Crippen LogP contribution is -2.06. The number of nitrogens with zero attached hydrogens (tertiary/aromatic N) is 7. The molecular formula is C61H35N7S2. The summed E-state index contributed by atoms with van der Waals surface area (Å²) in [5.74, 6) is 2.37. The molecule has 0 saturated carbocycles. The first-order valence-electron chi connectivity index (χ1n) is 23.2. The van der Waals surface area contributed by atoms with Crippen LogP contribution in [0.4, 0.5) is 0 Å². The van der Waals surface area contributed by atoms with Gasteiger partial charge in [0.1, 0.15) is 0 Å². The number of thiophene rings is 2. The molecule has 0 saturated heterocycles. The summed E-state index contributed by atoms with van der Waals surface area (Å²) >= 11 is 3.65. The van der Waals surface area contributed by atoms with Crippen molar-refractivity contribution < 1.29 is 0 Å². The lowest BCUT2D eigenvalue weighted by molar-refractivity contribution is 0.953. The van der Waals surface area contributed by atoms with Crippen molar-refractivity contribution in [2.45, 2.75) is 0 Å². The molecule has 0 fully saturated rings. The minimum absolute atomic E-state index is 0.549. The summed E-state index contributed by atoms with van der Waals surface area (Å²) in [4.78, 5) is 26.6. The SMILES string of the molecule is c1ccc(-c2nc(-c3ccccc3)nc(-n3c4ccccc4c4c5c6ccccc6n(-c6nc(-c7ccc8sc9ccccc9c8c7)cc(-c7ccc8sc9ccccc9c8c7)n6)c5ccc43)n2)cc1. The van der Waals surface area contributed by atoms with Crippen LogP contribution in [0.25, 0.3) is 141 Å². The Morgan fingerprint density at radius 1 is 0.271 bits per heavy atom. The molecule has 0 aliphatic rings. The van der Waals surface area contributed by atoms with E-state index >= 15 is 0 Å². The fourth-order valence-electron chi connectivity index (χ4n) is 10.4. The third-order valence-corrected chi connectivity index (χ3v) is 15.9. The van der Waals surface area contributed by atoms with Crippen LogP contribution in [-0.2, 0) is 0 Å². The Kier molecular flexibility index (Phi) is 8.56. The van der Waals surface area contributed by atoms with Gasteiger partial charge in [0.25, 0.3) is 0 Å². The van der Waals surface area contributed by atoms with Crippen molar-refractivity contribution >= 4 is 107 Å². The molecule has 0 N–H and O–H groups in total. The smallest absolute Gasteiger partial charge is 0.238 e. The van der Waals surface area contributed by atoms with E-state index in [1.807, 2.05) is 83.3 Å². The molecule has 0 amide bonds. The molecule has 0 bridgehead atoms. The van der Waals surface area contributed by atoms with Crippen LogP contribution in [-0.4, -0.2) is 34.1 Å². The van der Waals surface area contributed by atoms with Gasteiger partial charge in [0.15, 0.2) is 11.6 Å². The van der Waals surface area contributed by atoms with Gasteiger partial charge in [0.05, 0.1) is 33.5 Å². The van der Waals surface area contributed by atoms with Gasteiger partial charge in [-0.2, -0.15) is 9.97 Å². The van der Waals surface area contributed by atoms with E-state index in [2.05, 4.69) is 161 Å². The molecule has 0 aliphatic carbocycles. The topological polar surface area (TPSA) is 74.3 Å². The fraction of sp³-hybridized carbons (Fsp3) is 0. The van der Waals surface area contributed by atoms with Gasteiger partial charge in [-0.3, -0.25) is 9.13 Å². The highest BCUT2D eigenvalue weighted by atomic mass is 32.1. The number of aromatic nitrogens is 7. The Labute approximate surface area is 407 Å². The lowest BCUT2D eigenvalue weighted by atomic mass is 10.0. The van der Waals surface area contributed by atoms with Gasteiger partial charge in [-0.05, 0) is 66.7 Å². The summed E-state index contributed by atoms with van der Waals surface area (Å²) in [6.07, 6.45) is 0. The number of hydrogen-bond acceptors (Lipinski definition) is 7. The predicted molar refractivity (Wildman–Crippen MR) is 292 cm³/mol. The normalized spacial score (nSPS) is 12.0. The average molecular weight is 930 g/mol. The van der Waals surface area contributed by atoms with Crippen LogP contribution in [0.5, 0.6) is 0 Å². The molecule has 6 heterocycles. The molecule has 0 spiro atoms. The first kappa shape index (κ1) is 39.1. The molecule has 15 aromatic rings. The van der Waals surface area contributed by atoms with Crippen LogP contribution < -0.4 is 0 Å². The summed E-state index contributed by atoms with van der Waals surface area (Å²) < 4.78 is 9.51. The van der Waals surface area contributed by atoms with Crippen LogP contribution in [0.3, 0.4) is 0 Å². The average Bonchev–Trinajstić information content (AvgIpc) is 4.18. The zero-order valence-corrected chi connectivity index (χ0v) is 38.8. The minimum Gasteiger partial charge on any atom is -0.278 e. The van der Waals surface area contributed by atoms with E-state index in [0.717, 1.165) is 77.3 Å². The van der Waals surface area contributed by atoms with Gasteiger partial charge in [0.2, 0.25) is 11.9 Å². The second-order valence-electron chi connectivity index (χ2n) is 17.6. The van der Waals surface area contributed by atoms with Gasteiger partial charge in [0, 0.05) is 84.1 Å². The van der Waals surface area contributed by atoms with Gasteiger partial charge < -0.3 is 0 Å². The summed E-state index contributed by atoms with van der Waals surface area (Å²) in [6.45, 7) is 0. The molecule has 326 valence electrons. The van der Waals surface area contributed by atoms with Gasteiger partial charge in [-0.25, -0.2) is 15.0 Å². The molecule has 0 radical (unpaired) electrons. The number of hydrogen-bond donors (Lipinski definition) is 0. The third-order valence-electron chi connectivity index (χ3n) is 13.6. The molecule has 7 nitrogen and oxygen atoms in total. The first-order chi connectivity index (χ1) is 34.7. The Hall–Kier alpha value is -8.89. The summed E-state index contributed by atoms with van der Waals surface area (Å²) in [5.41, 5.74) is 9.64. The van der Waals surface area contributed by atoms with E-state index < -0.39 is 0 Å². The maximum atomic E-state index is 5.54. The van der Waals surface area contributed by atoms with Gasteiger partial charge in [-0.1, -0.05) is 146 Å². The summed E-state index contributed by atoms with van der Waals surface area (Å²) in [7, 11) is 0. The van der Waals surface area contributed by atoms with E-state index in [-0.39, 0.29) is 0 Å². The highest BCUT2D eigenvalue weighted by Crippen LogP contribution is 2.44. The van der Waals surface area contributed by atoms with Crippen molar-refractivity contribution in [1.82, 2.24) is 34.1 Å². The molecule has 0 atom stereocenters. The van der Waals surface area contributed by atoms with E-state index in [0.29, 0.717) is 23.5 Å². The fourth-order valence-corrected chi connectivity index (χ4v) is 12.6. The molecule has 0 unspecified atom stereocenters. The van der Waals surface area contributed by atoms with Gasteiger partial charge >= 0.3 is 0 Å². The third kappa shape index (κ3) is 6.02. The highest BCUT2D eigenvalue weighted by Gasteiger charge is 2.24. The van der Waals surface area contributed by atoms with Crippen molar-refractivity contribution in [3.8, 4) is 57.2 Å². The van der Waals surface area contributed by atoms with Crippen LogP contribution in [0.2, 0.25) is 0 Å². The number of benzene rings is 9. The Morgan fingerprint density at radius 3 is 1.16 bits per heavy atom. The standard InChI is InChI=1S/C61H35N7S2/c1-3-15-36(16-4-1)58-64-59(37-17-5-2-6-18-37)66-61(65-58)68-49-24-12-8-22-43(49)57-51(68)30-29-50-56(57)42-21-7-11-23-48(42)67(50)60-62-46(38-27-31-54-44(33-38)40-19-9-13-25-52(40)69-54)35-47(63-60)39-28-32-55-45(34-39)41-20-10-14-26-53(41)70-55/h1-35H. The van der Waals surface area contributed by atoms with E-state index in [1.54, 1.807) is 0 Å². The van der Waals surface area contributed by atoms with E-state index in [1.165, 1.54) is 40.3 Å². The van der Waals surface area contributed by atoms with Crippen molar-refractivity contribution in [2.75, 3.05) is 0 Å². The first-order valence-corrected chi connectivity index (χ1v) is 24.9. The second-order valence-corrected chi connectivity index (χ2v) is 19.8. The molecule has 9 heteroatoms. The summed E-state index contributed by atoms with van der Waals surface area (Å²) in [6, 6.07) is 74.9. The molecule has 0 aliphatic heterocycles. The van der Waals surface area contributed by atoms with Crippen LogP contribution >= 0.6 is 22.7 Å². The Morgan fingerprint density at radius 2 is 0.671 bits per heavy atom. The van der Waals surface area contributed by atoms with Crippen molar-refractivity contribution in [2.24, 2.45) is 0 Å². The van der Waals surface area contributed by atoms with E-state index in [9.17, 15) is 0 Å². The van der Waals surface area contributed by atoms with Crippen molar-refractivity contribution in [3.63, 3.8) is 0 Å². The molecule has 6 aromatic heterocycles. The largest absolute Gasteiger partial charge is 0.278 e. The molecule has 70 heavy (non-hydrogen) atoms. The Bertz CT molecular complexity index is 4420. The Balaban J connectivity index is 0.998. The number of para-hydroxylation sites is 2. The molecule has 15 rings (SSSR count). The highest BCUT2D eigenvalue weighted by molar-refractivity contribution is 7.26. The minimum atomic E-state index is 0.549. The second kappa shape index (κ2) is 15.3. The number of fused-ring (bicyclic) bond motifs is 13. The van der Waals surface area contributed by atoms with E-state index in [4.69, 9.17) is 24.9 Å². The summed E-state index contributed by atoms with van der Waals surface area (Å²) in [5, 5.41) is 9.37. The van der Waals surface area contributed by atoms with Crippen molar-refractivity contribution in [1.29, 1.82) is 0 Å². The molecule has 9 aromatic carbocycles. The van der Waals surface area contributed by atoms with Crippen LogP contribution in [0.1, 0.15) is 0 Å².